The molecular formula is C8H12F2N+. The molecule has 0 saturated carbocycles. The smallest absolute Gasteiger partial charge is 0.211 e. The van der Waals surface area contributed by atoms with Crippen LogP contribution in [-0.4, -0.2) is 23.1 Å². The summed E-state index contributed by atoms with van der Waals surface area (Å²) in [5.74, 6) is -1.94. The summed E-state index contributed by atoms with van der Waals surface area (Å²) in [4.78, 5) is 0. The van der Waals surface area contributed by atoms with E-state index in [4.69, 9.17) is 0 Å². The SMILES string of the molecule is CC[N+]1=CC=C(F)CC1(C)F. The molecule has 0 spiro atoms. The molecule has 1 rings (SSSR count). The molecule has 0 saturated heterocycles. The summed E-state index contributed by atoms with van der Waals surface area (Å²) < 4.78 is 27.4. The van der Waals surface area contributed by atoms with Crippen molar-refractivity contribution in [1.29, 1.82) is 0 Å². The van der Waals surface area contributed by atoms with E-state index in [1.165, 1.54) is 23.8 Å². The third kappa shape index (κ3) is 1.64. The molecule has 0 amide bonds. The summed E-state index contributed by atoms with van der Waals surface area (Å²) in [6, 6.07) is 0. The van der Waals surface area contributed by atoms with E-state index < -0.39 is 5.79 Å². The highest BCUT2D eigenvalue weighted by molar-refractivity contribution is 5.67. The Morgan fingerprint density at radius 2 is 2.36 bits per heavy atom. The van der Waals surface area contributed by atoms with Crippen molar-refractivity contribution in [3.05, 3.63) is 11.9 Å². The van der Waals surface area contributed by atoms with Crippen LogP contribution >= 0.6 is 0 Å². The van der Waals surface area contributed by atoms with Crippen LogP contribution in [0.5, 0.6) is 0 Å². The molecule has 0 aliphatic carbocycles. The zero-order valence-electron chi connectivity index (χ0n) is 6.77. The molecule has 0 bridgehead atoms. The van der Waals surface area contributed by atoms with E-state index in [1.54, 1.807) is 0 Å². The fourth-order valence-corrected chi connectivity index (χ4v) is 1.23. The summed E-state index contributed by atoms with van der Waals surface area (Å²) >= 11 is 0. The number of allylic oxidation sites excluding steroid dienone is 1. The lowest BCUT2D eigenvalue weighted by Gasteiger charge is -2.19. The first kappa shape index (κ1) is 8.37. The van der Waals surface area contributed by atoms with E-state index in [-0.39, 0.29) is 12.2 Å². The van der Waals surface area contributed by atoms with Gasteiger partial charge in [-0.05, 0) is 6.92 Å². The Morgan fingerprint density at radius 3 is 2.82 bits per heavy atom. The van der Waals surface area contributed by atoms with E-state index in [2.05, 4.69) is 0 Å². The first-order chi connectivity index (χ1) is 5.06. The van der Waals surface area contributed by atoms with Gasteiger partial charge in [0.05, 0.1) is 6.42 Å². The maximum absolute atomic E-state index is 13.4. The molecule has 1 unspecified atom stereocenters. The van der Waals surface area contributed by atoms with Crippen LogP contribution in [0, 0.1) is 0 Å². The number of nitrogens with zero attached hydrogens (tertiary/aromatic N) is 1. The van der Waals surface area contributed by atoms with E-state index in [1.807, 2.05) is 6.92 Å². The summed E-state index contributed by atoms with van der Waals surface area (Å²) in [5.41, 5.74) is 0. The molecular weight excluding hydrogens is 148 g/mol. The lowest BCUT2D eigenvalue weighted by Crippen LogP contribution is -2.37. The van der Waals surface area contributed by atoms with Gasteiger partial charge in [-0.2, -0.15) is 4.39 Å². The van der Waals surface area contributed by atoms with Crippen LogP contribution in [0.2, 0.25) is 0 Å². The molecule has 0 fully saturated rings. The van der Waals surface area contributed by atoms with E-state index in [9.17, 15) is 8.78 Å². The molecule has 1 heterocycles. The van der Waals surface area contributed by atoms with Crippen molar-refractivity contribution in [2.24, 2.45) is 0 Å². The zero-order chi connectivity index (χ0) is 8.48. The average molecular weight is 160 g/mol. The largest absolute Gasteiger partial charge is 0.307 e. The Kier molecular flexibility index (Phi) is 2.07. The van der Waals surface area contributed by atoms with Gasteiger partial charge >= 0.3 is 5.79 Å². The second-order valence-electron chi connectivity index (χ2n) is 2.87. The van der Waals surface area contributed by atoms with Gasteiger partial charge in [0.25, 0.3) is 0 Å². The van der Waals surface area contributed by atoms with Crippen molar-refractivity contribution >= 4 is 6.21 Å². The lowest BCUT2D eigenvalue weighted by molar-refractivity contribution is -0.631. The first-order valence-corrected chi connectivity index (χ1v) is 3.71. The van der Waals surface area contributed by atoms with Gasteiger partial charge < -0.3 is 0 Å². The van der Waals surface area contributed by atoms with Crippen LogP contribution in [0.1, 0.15) is 20.3 Å². The number of hydrogen-bond donors (Lipinski definition) is 0. The van der Waals surface area contributed by atoms with Gasteiger partial charge in [0.15, 0.2) is 6.21 Å². The van der Waals surface area contributed by atoms with Crippen LogP contribution in [-0.2, 0) is 0 Å². The highest BCUT2D eigenvalue weighted by Gasteiger charge is 2.37. The Balaban J connectivity index is 2.89. The summed E-state index contributed by atoms with van der Waals surface area (Å²) in [5, 5.41) is 0. The monoisotopic (exact) mass is 160 g/mol. The molecule has 11 heavy (non-hydrogen) atoms. The lowest BCUT2D eigenvalue weighted by atomic mass is 10.1. The van der Waals surface area contributed by atoms with Crippen molar-refractivity contribution in [3.63, 3.8) is 0 Å². The van der Waals surface area contributed by atoms with Crippen LogP contribution in [0.3, 0.4) is 0 Å². The minimum Gasteiger partial charge on any atom is -0.211 e. The molecule has 1 aliphatic rings. The molecule has 1 aliphatic heterocycles. The highest BCUT2D eigenvalue weighted by atomic mass is 19.2. The van der Waals surface area contributed by atoms with E-state index >= 15 is 0 Å². The zero-order valence-corrected chi connectivity index (χ0v) is 6.77. The van der Waals surface area contributed by atoms with Crippen LogP contribution < -0.4 is 0 Å². The second-order valence-corrected chi connectivity index (χ2v) is 2.87. The Labute approximate surface area is 65.0 Å². The minimum atomic E-state index is -1.55. The van der Waals surface area contributed by atoms with E-state index in [0.29, 0.717) is 6.54 Å². The van der Waals surface area contributed by atoms with Gasteiger partial charge in [-0.3, -0.25) is 0 Å². The maximum Gasteiger partial charge on any atom is 0.307 e. The average Bonchev–Trinajstić information content (AvgIpc) is 1.85. The molecule has 3 heteroatoms. The Hall–Kier alpha value is -0.730. The van der Waals surface area contributed by atoms with Crippen LogP contribution in [0.15, 0.2) is 11.9 Å². The van der Waals surface area contributed by atoms with Gasteiger partial charge in [-0.1, -0.05) is 0 Å². The fraction of sp³-hybridized carbons (Fsp3) is 0.625. The van der Waals surface area contributed by atoms with Gasteiger partial charge in [0.2, 0.25) is 0 Å². The number of hydrogen-bond acceptors (Lipinski definition) is 0. The van der Waals surface area contributed by atoms with E-state index in [0.717, 1.165) is 0 Å². The highest BCUT2D eigenvalue weighted by Crippen LogP contribution is 2.24. The predicted molar refractivity (Wildman–Crippen MR) is 40.2 cm³/mol. The van der Waals surface area contributed by atoms with Crippen LogP contribution in [0.25, 0.3) is 0 Å². The molecule has 0 aromatic heterocycles. The normalized spacial score (nSPS) is 31.3. The number of alkyl halides is 1. The topological polar surface area (TPSA) is 3.01 Å². The van der Waals surface area contributed by atoms with Gasteiger partial charge in [-0.15, -0.1) is 0 Å². The molecule has 62 valence electrons. The summed E-state index contributed by atoms with van der Waals surface area (Å²) in [6.07, 6.45) is 2.63. The third-order valence-corrected chi connectivity index (χ3v) is 1.87. The molecule has 0 N–H and O–H groups in total. The van der Waals surface area contributed by atoms with Crippen molar-refractivity contribution in [1.82, 2.24) is 0 Å². The summed E-state index contributed by atoms with van der Waals surface area (Å²) in [7, 11) is 0. The quantitative estimate of drug-likeness (QED) is 0.408. The standard InChI is InChI=1S/C8H12F2N/c1-3-11-5-4-7(9)6-8(11,2)10/h4-5H,3,6H2,1-2H3/q+1. The van der Waals surface area contributed by atoms with Crippen molar-refractivity contribution in [3.8, 4) is 0 Å². The minimum absolute atomic E-state index is 0.142. The fourth-order valence-electron chi connectivity index (χ4n) is 1.23. The van der Waals surface area contributed by atoms with Crippen molar-refractivity contribution in [2.75, 3.05) is 6.54 Å². The van der Waals surface area contributed by atoms with Crippen molar-refractivity contribution < 1.29 is 13.4 Å². The van der Waals surface area contributed by atoms with Crippen molar-refractivity contribution in [2.45, 2.75) is 26.1 Å². The molecule has 1 nitrogen and oxygen atoms in total. The Morgan fingerprint density at radius 1 is 1.73 bits per heavy atom. The maximum atomic E-state index is 13.4. The first-order valence-electron chi connectivity index (χ1n) is 3.71. The number of halogens is 2. The molecule has 1 atom stereocenters. The second kappa shape index (κ2) is 2.72. The molecule has 0 aromatic carbocycles. The molecule has 0 radical (unpaired) electrons. The third-order valence-electron chi connectivity index (χ3n) is 1.87. The summed E-state index contributed by atoms with van der Waals surface area (Å²) in [6.45, 7) is 3.79. The number of rotatable bonds is 1. The predicted octanol–water partition coefficient (Wildman–Crippen LogP) is 2.03. The van der Waals surface area contributed by atoms with Gasteiger partial charge in [-0.25, -0.2) is 8.97 Å². The Bertz CT molecular complexity index is 216. The molecule has 0 aromatic rings. The van der Waals surface area contributed by atoms with Crippen LogP contribution in [0.4, 0.5) is 8.78 Å². The van der Waals surface area contributed by atoms with Gasteiger partial charge in [0.1, 0.15) is 12.4 Å². The van der Waals surface area contributed by atoms with Gasteiger partial charge in [0, 0.05) is 13.0 Å².